The Morgan fingerprint density at radius 2 is 1.73 bits per heavy atom. The van der Waals surface area contributed by atoms with E-state index in [2.05, 4.69) is 6.92 Å². The molecule has 9 atom stereocenters. The summed E-state index contributed by atoms with van der Waals surface area (Å²) in [5.74, 6) is -1.00. The Kier molecular flexibility index (Phi) is 15.0. The summed E-state index contributed by atoms with van der Waals surface area (Å²) in [5.41, 5.74) is 1.22. The van der Waals surface area contributed by atoms with E-state index in [0.717, 1.165) is 17.6 Å². The highest BCUT2D eigenvalue weighted by Crippen LogP contribution is 2.36. The number of hydrogen-bond donors (Lipinski definition) is 3. The lowest BCUT2D eigenvalue weighted by atomic mass is 9.82. The number of esters is 2. The molecule has 0 spiro atoms. The van der Waals surface area contributed by atoms with Crippen LogP contribution in [-0.4, -0.2) is 75.8 Å². The maximum Gasteiger partial charge on any atom is 0.333 e. The van der Waals surface area contributed by atoms with E-state index in [-0.39, 0.29) is 30.3 Å². The third kappa shape index (κ3) is 10.7. The van der Waals surface area contributed by atoms with Crippen molar-refractivity contribution in [3.8, 4) is 0 Å². The molecule has 2 heterocycles. The van der Waals surface area contributed by atoms with Gasteiger partial charge < -0.3 is 34.3 Å². The minimum atomic E-state index is -1.46. The molecule has 3 N–H and O–H groups in total. The maximum absolute atomic E-state index is 12.6. The van der Waals surface area contributed by atoms with Gasteiger partial charge in [-0.05, 0) is 71.3 Å². The van der Waals surface area contributed by atoms with Crippen molar-refractivity contribution in [3.05, 3.63) is 47.1 Å². The van der Waals surface area contributed by atoms with E-state index in [1.807, 2.05) is 45.9 Å². The highest BCUT2D eigenvalue weighted by Gasteiger charge is 2.52. The van der Waals surface area contributed by atoms with Gasteiger partial charge in [-0.3, -0.25) is 4.79 Å². The summed E-state index contributed by atoms with van der Waals surface area (Å²) in [7, 11) is 0. The summed E-state index contributed by atoms with van der Waals surface area (Å²) in [6, 6.07) is 0. The van der Waals surface area contributed by atoms with Crippen molar-refractivity contribution in [1.29, 1.82) is 0 Å². The monoisotopic (exact) mass is 620 g/mol. The molecule has 250 valence electrons. The fraction of sp³-hybridized carbons (Fsp3) is 0.714. The van der Waals surface area contributed by atoms with Crippen LogP contribution in [0.25, 0.3) is 0 Å². The van der Waals surface area contributed by atoms with E-state index >= 15 is 0 Å². The molecule has 2 aliphatic heterocycles. The molecule has 9 unspecified atom stereocenters. The Bertz CT molecular complexity index is 1070. The normalized spacial score (nSPS) is 38.8. The second-order valence-corrected chi connectivity index (χ2v) is 12.9. The average molecular weight is 621 g/mol. The Morgan fingerprint density at radius 3 is 2.34 bits per heavy atom. The molecule has 0 amide bonds. The number of carbonyl (C=O) groups excluding carboxylic acids is 2. The van der Waals surface area contributed by atoms with Gasteiger partial charge in [0.1, 0.15) is 23.9 Å². The van der Waals surface area contributed by atoms with Crippen molar-refractivity contribution in [1.82, 2.24) is 0 Å². The zero-order chi connectivity index (χ0) is 33.2. The molecule has 0 radical (unpaired) electrons. The van der Waals surface area contributed by atoms with E-state index in [9.17, 15) is 24.9 Å². The second-order valence-electron chi connectivity index (χ2n) is 12.9. The molecular weight excluding hydrogens is 564 g/mol. The van der Waals surface area contributed by atoms with Crippen molar-refractivity contribution in [3.63, 3.8) is 0 Å². The van der Waals surface area contributed by atoms with Crippen LogP contribution >= 0.6 is 0 Å². The van der Waals surface area contributed by atoms with Crippen LogP contribution < -0.4 is 0 Å². The number of rotatable bonds is 6. The molecular formula is C35H56O9. The molecule has 1 saturated heterocycles. The zero-order valence-corrected chi connectivity index (χ0v) is 28.1. The third-order valence-electron chi connectivity index (χ3n) is 8.67. The fourth-order valence-corrected chi connectivity index (χ4v) is 5.70. The van der Waals surface area contributed by atoms with Crippen LogP contribution in [0.15, 0.2) is 47.1 Å². The van der Waals surface area contributed by atoms with Crippen molar-refractivity contribution in [2.24, 2.45) is 11.8 Å². The van der Waals surface area contributed by atoms with E-state index in [1.54, 1.807) is 39.8 Å². The Hall–Kier alpha value is -2.30. The topological polar surface area (TPSA) is 132 Å². The van der Waals surface area contributed by atoms with Crippen LogP contribution in [0.5, 0.6) is 0 Å². The number of aliphatic hydroxyl groups is 3. The van der Waals surface area contributed by atoms with Gasteiger partial charge in [0.2, 0.25) is 0 Å². The first-order chi connectivity index (χ1) is 20.6. The zero-order valence-electron chi connectivity index (χ0n) is 28.1. The molecule has 9 nitrogen and oxygen atoms in total. The molecule has 2 aliphatic rings. The van der Waals surface area contributed by atoms with Crippen LogP contribution in [0.1, 0.15) is 101 Å². The molecule has 0 aromatic carbocycles. The summed E-state index contributed by atoms with van der Waals surface area (Å²) in [6.07, 6.45) is 5.95. The van der Waals surface area contributed by atoms with Crippen molar-refractivity contribution < 1.29 is 43.9 Å². The van der Waals surface area contributed by atoms with Gasteiger partial charge in [0.25, 0.3) is 0 Å². The number of ether oxygens (including phenoxy) is 4. The molecule has 44 heavy (non-hydrogen) atoms. The number of cyclic esters (lactones) is 1. The smallest absolute Gasteiger partial charge is 0.333 e. The minimum Gasteiger partial charge on any atom is -0.459 e. The van der Waals surface area contributed by atoms with E-state index in [1.165, 1.54) is 0 Å². The molecule has 0 saturated carbocycles. The first kappa shape index (κ1) is 37.9. The van der Waals surface area contributed by atoms with Gasteiger partial charge in [-0.25, -0.2) is 4.79 Å². The number of carbonyl (C=O) groups is 2. The van der Waals surface area contributed by atoms with Crippen LogP contribution in [0.4, 0.5) is 0 Å². The first-order valence-electron chi connectivity index (χ1n) is 16.1. The molecule has 0 bridgehead atoms. The Morgan fingerprint density at radius 1 is 1.05 bits per heavy atom. The standard InChI is InChI=1S/C35H56O9/c1-10-25-20-23(6)27(36)16-14-13-15-22(5)33(40)41-26(11-2)18-17-21(4)19-24(7)31(25)43-34-30(39)29(38)32(35(8,9)44-34)42-28(37)12-3/h13-15,17,19,23,25-27,29-32,34,36,38-39H,10-12,16,18,20H2,1-9H3/b14-13+,21-17+,22-15+,24-19+. The van der Waals surface area contributed by atoms with Gasteiger partial charge in [-0.15, -0.1) is 0 Å². The average Bonchev–Trinajstić information content (AvgIpc) is 2.98. The lowest BCUT2D eigenvalue weighted by molar-refractivity contribution is -0.334. The van der Waals surface area contributed by atoms with Crippen molar-refractivity contribution in [2.75, 3.05) is 0 Å². The van der Waals surface area contributed by atoms with Crippen LogP contribution in [0, 0.1) is 11.8 Å². The van der Waals surface area contributed by atoms with Crippen LogP contribution in [0.3, 0.4) is 0 Å². The minimum absolute atomic E-state index is 0.0512. The van der Waals surface area contributed by atoms with Gasteiger partial charge in [0.05, 0.1) is 12.2 Å². The van der Waals surface area contributed by atoms with E-state index in [0.29, 0.717) is 31.3 Å². The highest BCUT2D eigenvalue weighted by molar-refractivity contribution is 5.88. The summed E-state index contributed by atoms with van der Waals surface area (Å²) in [6.45, 7) is 16.7. The fourth-order valence-electron chi connectivity index (χ4n) is 5.70. The van der Waals surface area contributed by atoms with Gasteiger partial charge in [0.15, 0.2) is 12.4 Å². The van der Waals surface area contributed by atoms with Gasteiger partial charge >= 0.3 is 11.9 Å². The Labute approximate surface area is 264 Å². The molecule has 2 rings (SSSR count). The second kappa shape index (κ2) is 17.4. The van der Waals surface area contributed by atoms with Crippen molar-refractivity contribution >= 4 is 11.9 Å². The summed E-state index contributed by atoms with van der Waals surface area (Å²) in [4.78, 5) is 24.7. The molecule has 0 aromatic heterocycles. The first-order valence-corrected chi connectivity index (χ1v) is 16.1. The lowest BCUT2D eigenvalue weighted by Gasteiger charge is -2.48. The van der Waals surface area contributed by atoms with E-state index < -0.39 is 48.4 Å². The predicted octanol–water partition coefficient (Wildman–Crippen LogP) is 5.47. The Balaban J connectivity index is 2.47. The van der Waals surface area contributed by atoms with Gasteiger partial charge in [0, 0.05) is 18.4 Å². The number of allylic oxidation sites excluding steroid dienone is 4. The van der Waals surface area contributed by atoms with Gasteiger partial charge in [-0.1, -0.05) is 70.1 Å². The third-order valence-corrected chi connectivity index (χ3v) is 8.67. The predicted molar refractivity (Wildman–Crippen MR) is 169 cm³/mol. The molecule has 9 heteroatoms. The quantitative estimate of drug-likeness (QED) is 0.331. The molecule has 0 aliphatic carbocycles. The molecule has 1 fully saturated rings. The van der Waals surface area contributed by atoms with Crippen LogP contribution in [-0.2, 0) is 28.5 Å². The lowest BCUT2D eigenvalue weighted by Crippen LogP contribution is -2.64. The van der Waals surface area contributed by atoms with Crippen molar-refractivity contribution in [2.45, 2.75) is 149 Å². The van der Waals surface area contributed by atoms with Gasteiger partial charge in [-0.2, -0.15) is 0 Å². The van der Waals surface area contributed by atoms with E-state index in [4.69, 9.17) is 18.9 Å². The molecule has 0 aromatic rings. The maximum atomic E-state index is 12.6. The summed E-state index contributed by atoms with van der Waals surface area (Å²) >= 11 is 0. The number of hydrogen-bond acceptors (Lipinski definition) is 9. The summed E-state index contributed by atoms with van der Waals surface area (Å²) < 4.78 is 23.9. The SMILES string of the molecule is CCC(=O)OC1C(O)C(O)C(OC2/C(C)=C/C(C)=C/CC(CC)OC(=O)/C(C)=C/C=C/CC(O)C(C)CC2CC)OC1(C)C. The summed E-state index contributed by atoms with van der Waals surface area (Å²) in [5, 5.41) is 33.1. The highest BCUT2D eigenvalue weighted by atomic mass is 16.7. The largest absolute Gasteiger partial charge is 0.459 e. The number of aliphatic hydroxyl groups excluding tert-OH is 3. The van der Waals surface area contributed by atoms with Crippen LogP contribution in [0.2, 0.25) is 0 Å².